The lowest BCUT2D eigenvalue weighted by molar-refractivity contribution is -0.384. The van der Waals surface area contributed by atoms with Gasteiger partial charge >= 0.3 is 5.97 Å². The van der Waals surface area contributed by atoms with Crippen LogP contribution in [-0.4, -0.2) is 101 Å². The summed E-state index contributed by atoms with van der Waals surface area (Å²) in [4.78, 5) is 46.2. The van der Waals surface area contributed by atoms with Crippen LogP contribution in [0.3, 0.4) is 0 Å². The first kappa shape index (κ1) is 30.4. The Balaban J connectivity index is 1.37. The molecular weight excluding hydrogens is 584 g/mol. The first-order valence-corrected chi connectivity index (χ1v) is 13.8. The molecule has 0 aliphatic carbocycles. The van der Waals surface area contributed by atoms with E-state index in [-0.39, 0.29) is 53.3 Å². The Morgan fingerprint density at radius 2 is 2.05 bits per heavy atom. The van der Waals surface area contributed by atoms with Crippen LogP contribution >= 0.6 is 23.4 Å². The van der Waals surface area contributed by atoms with E-state index in [1.165, 1.54) is 46.9 Å². The minimum atomic E-state index is -1.31. The lowest BCUT2D eigenvalue weighted by atomic mass is 10.1. The Bertz CT molecular complexity index is 1430. The molecule has 0 saturated carbocycles. The summed E-state index contributed by atoms with van der Waals surface area (Å²) in [7, 11) is 0. The smallest absolute Gasteiger partial charge is 0.320 e. The molecule has 2 aromatic heterocycles. The van der Waals surface area contributed by atoms with Crippen molar-refractivity contribution in [2.75, 3.05) is 29.9 Å². The predicted molar refractivity (Wildman–Crippen MR) is 148 cm³/mol. The number of halogens is 1. The number of carboxylic acids is 1. The number of fused-ring (bicyclic) bond motifs is 1. The minimum absolute atomic E-state index is 0.128. The number of ether oxygens (including phenoxy) is 1. The Morgan fingerprint density at radius 3 is 2.78 bits per heavy atom. The molecule has 0 spiro atoms. The standard InChI is InChI=1S/C23H27ClN8O8S/c24-23-29-18(26-5-6-27-20(35)11-2-1-3-12(8-11)32(38)39)15-19(30-23)31(10-28-15)21-17(34)16(33)14(40-21)9-41-7-4-13(25)22(36)37/h1-3,8,10,13-14,16-17,21,33-34H,4-7,9,25H2,(H,27,35)(H,36,37)(H,26,29,30)/t13?,14-,16+,17-,21-/m1/s1. The summed E-state index contributed by atoms with van der Waals surface area (Å²) in [6.45, 7) is 0.334. The molecule has 4 rings (SSSR count). The van der Waals surface area contributed by atoms with Gasteiger partial charge in [0.1, 0.15) is 18.2 Å². The summed E-state index contributed by atoms with van der Waals surface area (Å²) in [5.74, 6) is -0.617. The molecule has 1 aliphatic rings. The number of carboxylic acid groups (broad SMARTS) is 1. The van der Waals surface area contributed by atoms with E-state index >= 15 is 0 Å². The van der Waals surface area contributed by atoms with E-state index in [9.17, 15) is 29.9 Å². The summed E-state index contributed by atoms with van der Waals surface area (Å²) in [5, 5.41) is 46.6. The van der Waals surface area contributed by atoms with Gasteiger partial charge in [-0.1, -0.05) is 6.07 Å². The van der Waals surface area contributed by atoms with Crippen molar-refractivity contribution in [3.8, 4) is 0 Å². The lowest BCUT2D eigenvalue weighted by Crippen LogP contribution is -2.33. The maximum atomic E-state index is 12.4. The van der Waals surface area contributed by atoms with Crippen LogP contribution in [-0.2, 0) is 9.53 Å². The molecule has 1 aliphatic heterocycles. The van der Waals surface area contributed by atoms with Crippen LogP contribution in [0.5, 0.6) is 0 Å². The van der Waals surface area contributed by atoms with Gasteiger partial charge in [0.25, 0.3) is 11.6 Å². The highest BCUT2D eigenvalue weighted by Gasteiger charge is 2.44. The number of aliphatic carboxylic acids is 1. The number of amides is 1. The van der Waals surface area contributed by atoms with Crippen molar-refractivity contribution < 1.29 is 34.6 Å². The fourth-order valence-corrected chi connectivity index (χ4v) is 5.31. The van der Waals surface area contributed by atoms with Crippen LogP contribution in [0.1, 0.15) is 23.0 Å². The third-order valence-electron chi connectivity index (χ3n) is 6.20. The molecule has 1 amide bonds. The number of aliphatic hydroxyl groups excluding tert-OH is 2. The summed E-state index contributed by atoms with van der Waals surface area (Å²) >= 11 is 7.48. The van der Waals surface area contributed by atoms with E-state index < -0.39 is 47.4 Å². The van der Waals surface area contributed by atoms with Crippen molar-refractivity contribution in [2.45, 2.75) is 37.0 Å². The number of hydrogen-bond acceptors (Lipinski definition) is 13. The quantitative estimate of drug-likeness (QED) is 0.0663. The van der Waals surface area contributed by atoms with E-state index in [1.54, 1.807) is 0 Å². The fraction of sp³-hybridized carbons (Fsp3) is 0.435. The van der Waals surface area contributed by atoms with Crippen LogP contribution < -0.4 is 16.4 Å². The first-order valence-electron chi connectivity index (χ1n) is 12.3. The largest absolute Gasteiger partial charge is 0.480 e. The molecule has 220 valence electrons. The number of thioether (sulfide) groups is 1. The Hall–Kier alpha value is -3.61. The highest BCUT2D eigenvalue weighted by molar-refractivity contribution is 7.99. The van der Waals surface area contributed by atoms with Crippen molar-refractivity contribution in [3.63, 3.8) is 0 Å². The minimum Gasteiger partial charge on any atom is -0.480 e. The summed E-state index contributed by atoms with van der Waals surface area (Å²) < 4.78 is 7.33. The first-order chi connectivity index (χ1) is 19.6. The fourth-order valence-electron chi connectivity index (χ4n) is 4.05. The second-order valence-electron chi connectivity index (χ2n) is 9.01. The molecule has 0 radical (unpaired) electrons. The second-order valence-corrected chi connectivity index (χ2v) is 10.5. The second kappa shape index (κ2) is 13.4. The monoisotopic (exact) mass is 610 g/mol. The van der Waals surface area contributed by atoms with Gasteiger partial charge in [-0.05, 0) is 29.8 Å². The molecule has 5 atom stereocenters. The summed E-state index contributed by atoms with van der Waals surface area (Å²) in [5.41, 5.74) is 5.97. The number of nitro benzene ring substituents is 1. The predicted octanol–water partition coefficient (Wildman–Crippen LogP) is 0.384. The molecule has 3 heterocycles. The van der Waals surface area contributed by atoms with Gasteiger partial charge in [0.2, 0.25) is 5.28 Å². The number of nitrogens with zero attached hydrogens (tertiary/aromatic N) is 5. The van der Waals surface area contributed by atoms with Crippen molar-refractivity contribution in [1.29, 1.82) is 0 Å². The Labute approximate surface area is 241 Å². The number of carbonyl (C=O) groups is 2. The molecule has 0 bridgehead atoms. The van der Waals surface area contributed by atoms with Gasteiger partial charge in [0.05, 0.1) is 17.4 Å². The van der Waals surface area contributed by atoms with Gasteiger partial charge in [0, 0.05) is 36.5 Å². The SMILES string of the molecule is NC(CCSC[C@H]1O[C@@H](n2cnc3c(NCCNC(=O)c4cccc([N+](=O)[O-])c4)nc(Cl)nc32)[C@H](O)[C@H]1O)C(=O)O. The van der Waals surface area contributed by atoms with Gasteiger partial charge in [-0.2, -0.15) is 21.7 Å². The number of aromatic nitrogens is 4. The number of aliphatic hydroxyl groups is 2. The van der Waals surface area contributed by atoms with Crippen LogP contribution in [0.25, 0.3) is 11.2 Å². The lowest BCUT2D eigenvalue weighted by Gasteiger charge is -2.17. The van der Waals surface area contributed by atoms with Crippen molar-refractivity contribution >= 4 is 57.9 Å². The number of anilines is 1. The molecule has 3 aromatic rings. The number of non-ortho nitro benzene ring substituents is 1. The zero-order valence-corrected chi connectivity index (χ0v) is 22.9. The van der Waals surface area contributed by atoms with Crippen molar-refractivity contribution in [3.05, 3.63) is 51.6 Å². The maximum absolute atomic E-state index is 12.4. The molecule has 1 saturated heterocycles. The van der Waals surface area contributed by atoms with Crippen molar-refractivity contribution in [2.24, 2.45) is 5.73 Å². The molecule has 1 fully saturated rings. The molecule has 41 heavy (non-hydrogen) atoms. The van der Waals surface area contributed by atoms with Crippen LogP contribution in [0.4, 0.5) is 11.5 Å². The molecule has 18 heteroatoms. The number of nitrogens with two attached hydrogens (primary N) is 1. The molecule has 7 N–H and O–H groups in total. The van der Waals surface area contributed by atoms with E-state index in [0.29, 0.717) is 11.3 Å². The van der Waals surface area contributed by atoms with E-state index in [4.69, 9.17) is 27.2 Å². The van der Waals surface area contributed by atoms with Crippen LogP contribution in [0.15, 0.2) is 30.6 Å². The van der Waals surface area contributed by atoms with Gasteiger partial charge in [0.15, 0.2) is 23.2 Å². The molecule has 1 aromatic carbocycles. The van der Waals surface area contributed by atoms with Gasteiger partial charge in [-0.15, -0.1) is 0 Å². The Kier molecular flexibility index (Phi) is 9.90. The van der Waals surface area contributed by atoms with Crippen LogP contribution in [0, 0.1) is 10.1 Å². The van der Waals surface area contributed by atoms with E-state index in [1.807, 2.05) is 0 Å². The number of hydrogen-bond donors (Lipinski definition) is 6. The van der Waals surface area contributed by atoms with Crippen LogP contribution in [0.2, 0.25) is 5.28 Å². The normalized spacial score (nSPS) is 21.1. The number of imidazole rings is 1. The third kappa shape index (κ3) is 7.19. The van der Waals surface area contributed by atoms with Gasteiger partial charge in [-0.3, -0.25) is 24.3 Å². The molecule has 16 nitrogen and oxygen atoms in total. The van der Waals surface area contributed by atoms with Crippen molar-refractivity contribution in [1.82, 2.24) is 24.8 Å². The highest BCUT2D eigenvalue weighted by Crippen LogP contribution is 2.34. The molecule has 1 unspecified atom stereocenters. The average Bonchev–Trinajstić information content (AvgIpc) is 3.48. The van der Waals surface area contributed by atoms with Gasteiger partial charge in [-0.25, -0.2) is 4.98 Å². The zero-order valence-electron chi connectivity index (χ0n) is 21.3. The number of nitrogens with one attached hydrogen (secondary N) is 2. The van der Waals surface area contributed by atoms with Gasteiger partial charge < -0.3 is 36.4 Å². The number of carbonyl (C=O) groups excluding carboxylic acids is 1. The molecular formula is C23H27ClN8O8S. The average molecular weight is 611 g/mol. The highest BCUT2D eigenvalue weighted by atomic mass is 35.5. The number of rotatable bonds is 13. The zero-order chi connectivity index (χ0) is 29.7. The summed E-state index contributed by atoms with van der Waals surface area (Å²) in [6, 6.07) is 4.37. The van der Waals surface area contributed by atoms with E-state index in [0.717, 1.165) is 0 Å². The number of nitro groups is 1. The summed E-state index contributed by atoms with van der Waals surface area (Å²) in [6.07, 6.45) is -2.70. The topological polar surface area (TPSA) is 241 Å². The Morgan fingerprint density at radius 1 is 1.27 bits per heavy atom. The third-order valence-corrected chi connectivity index (χ3v) is 7.46. The maximum Gasteiger partial charge on any atom is 0.320 e. The van der Waals surface area contributed by atoms with E-state index in [2.05, 4.69) is 25.6 Å². The number of benzene rings is 1.